The first-order valence-electron chi connectivity index (χ1n) is 2.56. The van der Waals surface area contributed by atoms with E-state index < -0.39 is 0 Å². The molecule has 9 heavy (non-hydrogen) atoms. The Bertz CT molecular complexity index is 185. The Morgan fingerprint density at radius 2 is 2.44 bits per heavy atom. The second-order valence-electron chi connectivity index (χ2n) is 1.64. The molecule has 0 atom stereocenters. The summed E-state index contributed by atoms with van der Waals surface area (Å²) in [5, 5.41) is 0. The molecule has 1 aromatic rings. The molecule has 0 aliphatic heterocycles. The molecule has 0 fully saturated rings. The minimum atomic E-state index is 0.664. The predicted octanol–water partition coefficient (Wildman–Crippen LogP) is 2.55. The summed E-state index contributed by atoms with van der Waals surface area (Å²) < 4.78 is 5.71. The van der Waals surface area contributed by atoms with Gasteiger partial charge in [0.2, 0.25) is 0 Å². The number of methoxy groups -OCH3 is 1. The second kappa shape index (κ2) is 3.20. The number of ether oxygens (including phenoxy) is 1. The number of hydrogen-bond acceptors (Lipinski definition) is 2. The zero-order chi connectivity index (χ0) is 6.69. The van der Waals surface area contributed by atoms with E-state index in [0.717, 1.165) is 4.34 Å². The monoisotopic (exact) mass is 162 g/mol. The zero-order valence-electron chi connectivity index (χ0n) is 5.06. The average molecular weight is 163 g/mol. The Morgan fingerprint density at radius 3 is 2.89 bits per heavy atom. The fourth-order valence-corrected chi connectivity index (χ4v) is 1.63. The van der Waals surface area contributed by atoms with E-state index in [-0.39, 0.29) is 0 Å². The van der Waals surface area contributed by atoms with E-state index >= 15 is 0 Å². The smallest absolute Gasteiger partial charge is 0.0932 e. The van der Waals surface area contributed by atoms with Crippen LogP contribution in [0.15, 0.2) is 12.1 Å². The van der Waals surface area contributed by atoms with Gasteiger partial charge in [0.05, 0.1) is 10.9 Å². The van der Waals surface area contributed by atoms with Crippen LogP contribution in [0, 0.1) is 0 Å². The van der Waals surface area contributed by atoms with Crippen LogP contribution in [0.1, 0.15) is 4.88 Å². The molecule has 0 N–H and O–H groups in total. The van der Waals surface area contributed by atoms with Gasteiger partial charge < -0.3 is 4.74 Å². The minimum absolute atomic E-state index is 0.664. The SMILES string of the molecule is COCc1ccc(Cl)s1. The maximum absolute atomic E-state index is 5.66. The molecule has 0 unspecified atom stereocenters. The van der Waals surface area contributed by atoms with Crippen LogP contribution in [-0.2, 0) is 11.3 Å². The molecular formula is C6H7ClOS. The van der Waals surface area contributed by atoms with Gasteiger partial charge in [0, 0.05) is 12.0 Å². The standard InChI is InChI=1S/C6H7ClOS/c1-8-4-5-2-3-6(7)9-5/h2-3H,4H2,1H3. The van der Waals surface area contributed by atoms with Crippen LogP contribution in [0.3, 0.4) is 0 Å². The summed E-state index contributed by atoms with van der Waals surface area (Å²) in [5.74, 6) is 0. The lowest BCUT2D eigenvalue weighted by atomic mass is 10.5. The highest BCUT2D eigenvalue weighted by atomic mass is 35.5. The van der Waals surface area contributed by atoms with Crippen molar-refractivity contribution in [2.24, 2.45) is 0 Å². The molecule has 0 radical (unpaired) electrons. The summed E-state index contributed by atoms with van der Waals surface area (Å²) in [6.45, 7) is 0.664. The highest BCUT2D eigenvalue weighted by molar-refractivity contribution is 7.16. The predicted molar refractivity (Wildman–Crippen MR) is 40.0 cm³/mol. The average Bonchev–Trinajstić information content (AvgIpc) is 2.17. The topological polar surface area (TPSA) is 9.23 Å². The Labute approximate surface area is 63.2 Å². The Hall–Kier alpha value is -0.0500. The molecule has 50 valence electrons. The van der Waals surface area contributed by atoms with Gasteiger partial charge in [-0.25, -0.2) is 0 Å². The van der Waals surface area contributed by atoms with Gasteiger partial charge in [0.1, 0.15) is 0 Å². The maximum Gasteiger partial charge on any atom is 0.0932 e. The number of hydrogen-bond donors (Lipinski definition) is 0. The second-order valence-corrected chi connectivity index (χ2v) is 3.44. The molecule has 1 heterocycles. The van der Waals surface area contributed by atoms with E-state index in [9.17, 15) is 0 Å². The third kappa shape index (κ3) is 1.97. The lowest BCUT2D eigenvalue weighted by molar-refractivity contribution is 0.187. The van der Waals surface area contributed by atoms with Crippen molar-refractivity contribution in [1.29, 1.82) is 0 Å². The molecule has 0 aromatic carbocycles. The first-order chi connectivity index (χ1) is 4.33. The van der Waals surface area contributed by atoms with Gasteiger partial charge in [0.15, 0.2) is 0 Å². The minimum Gasteiger partial charge on any atom is -0.379 e. The summed E-state index contributed by atoms with van der Waals surface area (Å²) in [6, 6.07) is 3.84. The third-order valence-electron chi connectivity index (χ3n) is 0.915. The van der Waals surface area contributed by atoms with Crippen molar-refractivity contribution in [2.75, 3.05) is 7.11 Å². The number of rotatable bonds is 2. The molecule has 1 nitrogen and oxygen atoms in total. The molecule has 0 aliphatic rings. The fourth-order valence-electron chi connectivity index (χ4n) is 0.572. The van der Waals surface area contributed by atoms with Crippen LogP contribution in [0.4, 0.5) is 0 Å². The van der Waals surface area contributed by atoms with Crippen molar-refractivity contribution in [1.82, 2.24) is 0 Å². The molecule has 0 aliphatic carbocycles. The molecule has 0 amide bonds. The van der Waals surface area contributed by atoms with Gasteiger partial charge in [-0.15, -0.1) is 11.3 Å². The quantitative estimate of drug-likeness (QED) is 0.650. The molecule has 1 aromatic heterocycles. The van der Waals surface area contributed by atoms with Gasteiger partial charge >= 0.3 is 0 Å². The molecule has 0 saturated carbocycles. The third-order valence-corrected chi connectivity index (χ3v) is 2.12. The van der Waals surface area contributed by atoms with Gasteiger partial charge in [-0.1, -0.05) is 11.6 Å². The van der Waals surface area contributed by atoms with Crippen molar-refractivity contribution < 1.29 is 4.74 Å². The van der Waals surface area contributed by atoms with Gasteiger partial charge in [0.25, 0.3) is 0 Å². The van der Waals surface area contributed by atoms with Crippen molar-refractivity contribution >= 4 is 22.9 Å². The molecule has 0 saturated heterocycles. The number of halogens is 1. The van der Waals surface area contributed by atoms with Crippen LogP contribution < -0.4 is 0 Å². The molecule has 1 rings (SSSR count). The van der Waals surface area contributed by atoms with Crippen LogP contribution in [0.2, 0.25) is 4.34 Å². The van der Waals surface area contributed by atoms with E-state index in [1.807, 2.05) is 12.1 Å². The van der Waals surface area contributed by atoms with Crippen molar-refractivity contribution in [2.45, 2.75) is 6.61 Å². The van der Waals surface area contributed by atoms with Crippen LogP contribution in [-0.4, -0.2) is 7.11 Å². The van der Waals surface area contributed by atoms with E-state index in [4.69, 9.17) is 16.3 Å². The van der Waals surface area contributed by atoms with Crippen molar-refractivity contribution in [3.63, 3.8) is 0 Å². The largest absolute Gasteiger partial charge is 0.379 e. The highest BCUT2D eigenvalue weighted by Crippen LogP contribution is 2.21. The molecule has 0 spiro atoms. The van der Waals surface area contributed by atoms with Crippen LogP contribution >= 0.6 is 22.9 Å². The molecular weight excluding hydrogens is 156 g/mol. The Balaban J connectivity index is 2.61. The first-order valence-corrected chi connectivity index (χ1v) is 3.75. The highest BCUT2D eigenvalue weighted by Gasteiger charge is 1.94. The normalized spacial score (nSPS) is 10.0. The maximum atomic E-state index is 5.66. The van der Waals surface area contributed by atoms with Crippen LogP contribution in [0.25, 0.3) is 0 Å². The van der Waals surface area contributed by atoms with Crippen LogP contribution in [0.5, 0.6) is 0 Å². The fraction of sp³-hybridized carbons (Fsp3) is 0.333. The van der Waals surface area contributed by atoms with Gasteiger partial charge in [-0.2, -0.15) is 0 Å². The molecule has 0 bridgehead atoms. The lowest BCUT2D eigenvalue weighted by Gasteiger charge is -1.89. The van der Waals surface area contributed by atoms with E-state index in [1.54, 1.807) is 18.4 Å². The van der Waals surface area contributed by atoms with E-state index in [1.165, 1.54) is 4.88 Å². The lowest BCUT2D eigenvalue weighted by Crippen LogP contribution is -1.79. The van der Waals surface area contributed by atoms with E-state index in [0.29, 0.717) is 6.61 Å². The summed E-state index contributed by atoms with van der Waals surface area (Å²) in [7, 11) is 1.67. The van der Waals surface area contributed by atoms with Crippen molar-refractivity contribution in [3.8, 4) is 0 Å². The molecule has 3 heteroatoms. The van der Waals surface area contributed by atoms with E-state index in [2.05, 4.69) is 0 Å². The summed E-state index contributed by atoms with van der Waals surface area (Å²) in [6.07, 6.45) is 0. The number of thiophene rings is 1. The Kier molecular flexibility index (Phi) is 2.51. The zero-order valence-corrected chi connectivity index (χ0v) is 6.63. The first kappa shape index (κ1) is 7.06. The Morgan fingerprint density at radius 1 is 1.67 bits per heavy atom. The van der Waals surface area contributed by atoms with Gasteiger partial charge in [-0.3, -0.25) is 0 Å². The van der Waals surface area contributed by atoms with Gasteiger partial charge in [-0.05, 0) is 12.1 Å². The van der Waals surface area contributed by atoms with Crippen molar-refractivity contribution in [3.05, 3.63) is 21.3 Å². The summed E-state index contributed by atoms with van der Waals surface area (Å²) in [4.78, 5) is 1.17. The summed E-state index contributed by atoms with van der Waals surface area (Å²) in [5.41, 5.74) is 0. The summed E-state index contributed by atoms with van der Waals surface area (Å²) >= 11 is 7.21.